The van der Waals surface area contributed by atoms with Crippen LogP contribution in [0, 0.1) is 6.92 Å². The van der Waals surface area contributed by atoms with E-state index in [4.69, 9.17) is 24.6 Å². The highest BCUT2D eigenvalue weighted by Crippen LogP contribution is 2.27. The Kier molecular flexibility index (Phi) is 3.39. The van der Waals surface area contributed by atoms with Gasteiger partial charge in [-0.25, -0.2) is 4.98 Å². The fourth-order valence-electron chi connectivity index (χ4n) is 2.53. The quantitative estimate of drug-likeness (QED) is 0.869. The Labute approximate surface area is 138 Å². The van der Waals surface area contributed by atoms with Gasteiger partial charge in [0.1, 0.15) is 11.8 Å². The van der Waals surface area contributed by atoms with E-state index in [1.165, 1.54) is 12.1 Å². The molecular formula is C15H13Cl2N3O2. The number of benzene rings is 1. The minimum atomic E-state index is -1.78. The van der Waals surface area contributed by atoms with Crippen molar-refractivity contribution in [1.82, 2.24) is 14.9 Å². The number of fused-ring (bicyclic) bond motifs is 1. The van der Waals surface area contributed by atoms with Crippen LogP contribution < -0.4 is 10.9 Å². The molecule has 1 saturated heterocycles. The van der Waals surface area contributed by atoms with E-state index in [0.29, 0.717) is 17.6 Å². The van der Waals surface area contributed by atoms with Gasteiger partial charge in [0.2, 0.25) is 5.91 Å². The molecule has 1 atom stereocenters. The molecule has 0 unspecified atom stereocenters. The van der Waals surface area contributed by atoms with Crippen molar-refractivity contribution in [2.45, 2.75) is 25.8 Å². The normalized spacial score (nSPS) is 22.6. The summed E-state index contributed by atoms with van der Waals surface area (Å²) in [5.74, 6) is -0.363. The van der Waals surface area contributed by atoms with Crippen molar-refractivity contribution in [3.63, 3.8) is 0 Å². The maximum Gasteiger partial charge on any atom is 0.262 e. The predicted octanol–water partition coefficient (Wildman–Crippen LogP) is 2.98. The van der Waals surface area contributed by atoms with Crippen LogP contribution in [-0.2, 0) is 4.79 Å². The SMILES string of the molecule is [2H][C@@]1(n2c(C)nc3c(Cl)cc(Cl)cc3c2=O)CCC(=C)NC1=O. The number of carbonyl (C=O) groups excluding carboxylic acids is 1. The van der Waals surface area contributed by atoms with Crippen molar-refractivity contribution < 1.29 is 6.17 Å². The standard InChI is InChI=1S/C15H13Cl2N3O2/c1-7-3-4-12(14(21)18-7)20-8(2)19-13-10(15(20)22)5-9(16)6-11(13)17/h5-6,12H,1,3-4H2,2H3,(H,18,21)/t12-/m1/s1/i12D. The molecule has 1 fully saturated rings. The van der Waals surface area contributed by atoms with E-state index in [1.54, 1.807) is 6.92 Å². The predicted molar refractivity (Wildman–Crippen MR) is 86.3 cm³/mol. The van der Waals surface area contributed by atoms with Crippen LogP contribution >= 0.6 is 23.2 Å². The van der Waals surface area contributed by atoms with Crippen LogP contribution in [0.4, 0.5) is 0 Å². The van der Waals surface area contributed by atoms with Crippen LogP contribution in [0.1, 0.15) is 26.1 Å². The largest absolute Gasteiger partial charge is 0.329 e. The summed E-state index contributed by atoms with van der Waals surface area (Å²) in [5.41, 5.74) is 0.317. The second-order valence-corrected chi connectivity index (χ2v) is 5.93. The first-order valence-corrected chi connectivity index (χ1v) is 7.38. The Morgan fingerprint density at radius 1 is 1.45 bits per heavy atom. The topological polar surface area (TPSA) is 64.0 Å². The van der Waals surface area contributed by atoms with Crippen molar-refractivity contribution in [3.05, 3.63) is 50.6 Å². The van der Waals surface area contributed by atoms with Gasteiger partial charge in [-0.2, -0.15) is 0 Å². The van der Waals surface area contributed by atoms with Crippen LogP contribution in [0.15, 0.2) is 29.2 Å². The second kappa shape index (κ2) is 5.41. The van der Waals surface area contributed by atoms with Gasteiger partial charge >= 0.3 is 0 Å². The number of aryl methyl sites for hydroxylation is 1. The lowest BCUT2D eigenvalue weighted by molar-refractivity contribution is -0.124. The van der Waals surface area contributed by atoms with Gasteiger partial charge in [-0.1, -0.05) is 29.8 Å². The number of hydrogen-bond donors (Lipinski definition) is 1. The molecule has 1 aliphatic heterocycles. The first kappa shape index (κ1) is 13.8. The van der Waals surface area contributed by atoms with Gasteiger partial charge in [-0.3, -0.25) is 14.2 Å². The molecule has 2 aromatic rings. The van der Waals surface area contributed by atoms with Gasteiger partial charge in [-0.05, 0) is 31.9 Å². The number of carbonyl (C=O) groups is 1. The Morgan fingerprint density at radius 2 is 2.18 bits per heavy atom. The summed E-state index contributed by atoms with van der Waals surface area (Å²) < 4.78 is 9.61. The van der Waals surface area contributed by atoms with Crippen LogP contribution in [0.3, 0.4) is 0 Å². The molecule has 0 bridgehead atoms. The van der Waals surface area contributed by atoms with E-state index in [2.05, 4.69) is 16.9 Å². The van der Waals surface area contributed by atoms with E-state index in [9.17, 15) is 9.59 Å². The molecular weight excluding hydrogens is 325 g/mol. The van der Waals surface area contributed by atoms with Crippen molar-refractivity contribution in [1.29, 1.82) is 0 Å². The molecule has 1 amide bonds. The number of rotatable bonds is 1. The third-order valence-corrected chi connectivity index (χ3v) is 4.05. The number of nitrogens with zero attached hydrogens (tertiary/aromatic N) is 2. The average Bonchev–Trinajstić information content (AvgIpc) is 2.45. The molecule has 1 aromatic carbocycles. The summed E-state index contributed by atoms with van der Waals surface area (Å²) in [6, 6.07) is 1.16. The van der Waals surface area contributed by atoms with Crippen molar-refractivity contribution in [3.8, 4) is 0 Å². The lowest BCUT2D eigenvalue weighted by Gasteiger charge is -2.26. The number of allylic oxidation sites excluding steroid dienone is 1. The maximum atomic E-state index is 12.9. The molecule has 1 N–H and O–H groups in total. The lowest BCUT2D eigenvalue weighted by Crippen LogP contribution is -2.41. The van der Waals surface area contributed by atoms with Gasteiger partial charge in [0.05, 0.1) is 17.3 Å². The summed E-state index contributed by atoms with van der Waals surface area (Å²) >= 11 is 12.1. The molecule has 0 spiro atoms. The Morgan fingerprint density at radius 3 is 2.86 bits per heavy atom. The number of halogens is 2. The van der Waals surface area contributed by atoms with Gasteiger partial charge in [0, 0.05) is 10.7 Å². The smallest absolute Gasteiger partial charge is 0.262 e. The molecule has 0 radical (unpaired) electrons. The van der Waals surface area contributed by atoms with E-state index >= 15 is 0 Å². The average molecular weight is 339 g/mol. The Hall–Kier alpha value is -1.85. The Balaban J connectivity index is 2.32. The molecule has 0 aliphatic carbocycles. The third kappa shape index (κ3) is 2.40. The number of nitrogens with one attached hydrogen (secondary N) is 1. The molecule has 2 heterocycles. The van der Waals surface area contributed by atoms with Gasteiger partial charge in [0.15, 0.2) is 0 Å². The van der Waals surface area contributed by atoms with Crippen LogP contribution in [0.2, 0.25) is 10.0 Å². The fourth-order valence-corrected chi connectivity index (χ4v) is 3.07. The third-order valence-electron chi connectivity index (χ3n) is 3.54. The molecule has 22 heavy (non-hydrogen) atoms. The molecule has 1 aromatic heterocycles. The molecule has 0 saturated carbocycles. The van der Waals surface area contributed by atoms with E-state index in [-0.39, 0.29) is 27.7 Å². The van der Waals surface area contributed by atoms with Crippen molar-refractivity contribution in [2.75, 3.05) is 0 Å². The maximum absolute atomic E-state index is 12.9. The molecule has 5 nitrogen and oxygen atoms in total. The highest BCUT2D eigenvalue weighted by atomic mass is 35.5. The fraction of sp³-hybridized carbons (Fsp3) is 0.267. The summed E-state index contributed by atoms with van der Waals surface area (Å²) in [6.45, 7) is 5.26. The minimum absolute atomic E-state index is 0.139. The number of amides is 1. The van der Waals surface area contributed by atoms with Crippen molar-refractivity contribution >= 4 is 40.0 Å². The number of aromatic nitrogens is 2. The molecule has 3 rings (SSSR count). The number of piperidine rings is 1. The van der Waals surface area contributed by atoms with Gasteiger partial charge in [-0.15, -0.1) is 0 Å². The van der Waals surface area contributed by atoms with Gasteiger partial charge in [0.25, 0.3) is 5.56 Å². The summed E-state index contributed by atoms with van der Waals surface area (Å²) in [6.07, 6.45) is 0.551. The minimum Gasteiger partial charge on any atom is -0.329 e. The lowest BCUT2D eigenvalue weighted by atomic mass is 10.0. The van der Waals surface area contributed by atoms with Crippen LogP contribution in [0.5, 0.6) is 0 Å². The summed E-state index contributed by atoms with van der Waals surface area (Å²) in [4.78, 5) is 29.5. The van der Waals surface area contributed by atoms with Crippen molar-refractivity contribution in [2.24, 2.45) is 0 Å². The zero-order chi connectivity index (χ0) is 16.9. The Bertz CT molecular complexity index is 925. The molecule has 1 aliphatic rings. The number of hydrogen-bond acceptors (Lipinski definition) is 3. The van der Waals surface area contributed by atoms with E-state index in [1.807, 2.05) is 0 Å². The van der Waals surface area contributed by atoms with Gasteiger partial charge < -0.3 is 5.32 Å². The first-order valence-electron chi connectivity index (χ1n) is 7.12. The molecule has 114 valence electrons. The van der Waals surface area contributed by atoms with E-state index in [0.717, 1.165) is 4.57 Å². The summed E-state index contributed by atoms with van der Waals surface area (Å²) in [7, 11) is 0. The van der Waals surface area contributed by atoms with Crippen LogP contribution in [0.25, 0.3) is 10.9 Å². The second-order valence-electron chi connectivity index (χ2n) is 5.09. The highest BCUT2D eigenvalue weighted by Gasteiger charge is 2.28. The molecule has 7 heteroatoms. The summed E-state index contributed by atoms with van der Waals surface area (Å²) in [5, 5.41) is 3.25. The zero-order valence-electron chi connectivity index (χ0n) is 12.7. The monoisotopic (exact) mass is 338 g/mol. The first-order chi connectivity index (χ1) is 10.7. The van der Waals surface area contributed by atoms with Crippen LogP contribution in [-0.4, -0.2) is 15.5 Å². The highest BCUT2D eigenvalue weighted by molar-refractivity contribution is 6.38. The zero-order valence-corrected chi connectivity index (χ0v) is 13.3. The van der Waals surface area contributed by atoms with E-state index < -0.39 is 17.5 Å².